The predicted molar refractivity (Wildman–Crippen MR) is 81.9 cm³/mol. The molecular weight excluding hydrogens is 266 g/mol. The number of aliphatic carboxylic acids is 1. The highest BCUT2D eigenvalue weighted by Crippen LogP contribution is 2.33. The first-order valence-electron chi connectivity index (χ1n) is 8.52. The monoisotopic (exact) mass is 295 g/mol. The van der Waals surface area contributed by atoms with E-state index in [9.17, 15) is 14.7 Å². The lowest BCUT2D eigenvalue weighted by atomic mass is 9.80. The summed E-state index contributed by atoms with van der Waals surface area (Å²) in [6.07, 6.45) is 7.50. The molecular formula is C17H29NO3. The van der Waals surface area contributed by atoms with Crippen LogP contribution in [0, 0.1) is 17.8 Å². The fraction of sp³-hybridized carbons (Fsp3) is 0.882. The third-order valence-corrected chi connectivity index (χ3v) is 5.03. The Morgan fingerprint density at radius 2 is 1.81 bits per heavy atom. The van der Waals surface area contributed by atoms with Gasteiger partial charge < -0.3 is 10.0 Å². The van der Waals surface area contributed by atoms with Crippen molar-refractivity contribution in [3.63, 3.8) is 0 Å². The lowest BCUT2D eigenvalue weighted by Gasteiger charge is -2.40. The molecule has 2 rings (SSSR count). The van der Waals surface area contributed by atoms with Gasteiger partial charge in [-0.25, -0.2) is 0 Å². The maximum Gasteiger partial charge on any atom is 0.306 e. The van der Waals surface area contributed by atoms with Crippen LogP contribution >= 0.6 is 0 Å². The van der Waals surface area contributed by atoms with Gasteiger partial charge in [0.15, 0.2) is 0 Å². The SMILES string of the molecule is CC(C)CC1CCCCN1C(=O)C1CCCC(C(=O)O)C1. The molecule has 1 aliphatic carbocycles. The Morgan fingerprint density at radius 3 is 2.48 bits per heavy atom. The molecule has 0 bridgehead atoms. The second kappa shape index (κ2) is 7.28. The van der Waals surface area contributed by atoms with Crippen LogP contribution in [0.15, 0.2) is 0 Å². The third kappa shape index (κ3) is 4.21. The molecule has 2 aliphatic rings. The summed E-state index contributed by atoms with van der Waals surface area (Å²) in [7, 11) is 0. The Labute approximate surface area is 127 Å². The molecule has 1 saturated heterocycles. The van der Waals surface area contributed by atoms with Crippen LogP contribution in [0.4, 0.5) is 0 Å². The molecule has 2 fully saturated rings. The number of likely N-dealkylation sites (tertiary alicyclic amines) is 1. The normalized spacial score (nSPS) is 30.4. The smallest absolute Gasteiger partial charge is 0.306 e. The Morgan fingerprint density at radius 1 is 1.10 bits per heavy atom. The van der Waals surface area contributed by atoms with Crippen molar-refractivity contribution in [1.29, 1.82) is 0 Å². The van der Waals surface area contributed by atoms with Gasteiger partial charge >= 0.3 is 5.97 Å². The average molecular weight is 295 g/mol. The Balaban J connectivity index is 2.00. The number of piperidine rings is 1. The van der Waals surface area contributed by atoms with E-state index in [0.29, 0.717) is 18.4 Å². The zero-order chi connectivity index (χ0) is 15.4. The lowest BCUT2D eigenvalue weighted by Crippen LogP contribution is -2.48. The Kier molecular flexibility index (Phi) is 5.65. The van der Waals surface area contributed by atoms with Crippen LogP contribution in [0.5, 0.6) is 0 Å². The van der Waals surface area contributed by atoms with Gasteiger partial charge in [-0.3, -0.25) is 9.59 Å². The van der Waals surface area contributed by atoms with Gasteiger partial charge in [0, 0.05) is 18.5 Å². The minimum absolute atomic E-state index is 0.0624. The van der Waals surface area contributed by atoms with Crippen LogP contribution in [-0.2, 0) is 9.59 Å². The van der Waals surface area contributed by atoms with Crippen LogP contribution in [0.2, 0.25) is 0 Å². The highest BCUT2D eigenvalue weighted by Gasteiger charge is 2.36. The summed E-state index contributed by atoms with van der Waals surface area (Å²) in [6, 6.07) is 0.372. The standard InChI is InChI=1S/C17H29NO3/c1-12(2)10-15-8-3-4-9-18(15)16(19)13-6-5-7-14(11-13)17(20)21/h12-15H,3-11H2,1-2H3,(H,20,21). The van der Waals surface area contributed by atoms with E-state index in [0.717, 1.165) is 45.1 Å². The average Bonchev–Trinajstić information content (AvgIpc) is 2.46. The number of hydrogen-bond donors (Lipinski definition) is 1. The maximum absolute atomic E-state index is 12.8. The maximum atomic E-state index is 12.8. The van der Waals surface area contributed by atoms with E-state index in [2.05, 4.69) is 18.7 Å². The topological polar surface area (TPSA) is 57.6 Å². The molecule has 4 heteroatoms. The Hall–Kier alpha value is -1.06. The van der Waals surface area contributed by atoms with Gasteiger partial charge in [0.1, 0.15) is 0 Å². The van der Waals surface area contributed by atoms with Crippen molar-refractivity contribution in [1.82, 2.24) is 4.90 Å². The summed E-state index contributed by atoms with van der Waals surface area (Å²) >= 11 is 0. The Bertz CT molecular complexity index is 380. The van der Waals surface area contributed by atoms with Crippen LogP contribution < -0.4 is 0 Å². The minimum atomic E-state index is -0.732. The van der Waals surface area contributed by atoms with Crippen molar-refractivity contribution < 1.29 is 14.7 Å². The highest BCUT2D eigenvalue weighted by atomic mass is 16.4. The third-order valence-electron chi connectivity index (χ3n) is 5.03. The molecule has 0 aromatic heterocycles. The first-order valence-corrected chi connectivity index (χ1v) is 8.52. The van der Waals surface area contributed by atoms with Crippen molar-refractivity contribution in [2.24, 2.45) is 17.8 Å². The van der Waals surface area contributed by atoms with Crippen LogP contribution in [0.3, 0.4) is 0 Å². The summed E-state index contributed by atoms with van der Waals surface area (Å²) < 4.78 is 0. The van der Waals surface area contributed by atoms with Crippen LogP contribution in [0.25, 0.3) is 0 Å². The molecule has 0 aromatic rings. The van der Waals surface area contributed by atoms with Crippen LogP contribution in [-0.4, -0.2) is 34.5 Å². The molecule has 1 saturated carbocycles. The van der Waals surface area contributed by atoms with Gasteiger partial charge in [-0.1, -0.05) is 20.3 Å². The number of carboxylic acid groups (broad SMARTS) is 1. The molecule has 4 nitrogen and oxygen atoms in total. The molecule has 0 aromatic carbocycles. The second-order valence-corrected chi connectivity index (χ2v) is 7.21. The van der Waals surface area contributed by atoms with Crippen molar-refractivity contribution in [3.8, 4) is 0 Å². The van der Waals surface area contributed by atoms with Crippen molar-refractivity contribution in [3.05, 3.63) is 0 Å². The molecule has 21 heavy (non-hydrogen) atoms. The summed E-state index contributed by atoms with van der Waals surface area (Å²) in [5.74, 6) is -0.286. The molecule has 1 amide bonds. The largest absolute Gasteiger partial charge is 0.481 e. The molecule has 3 atom stereocenters. The molecule has 120 valence electrons. The summed E-state index contributed by atoms with van der Waals surface area (Å²) in [5, 5.41) is 9.19. The number of amides is 1. The predicted octanol–water partition coefficient (Wildman–Crippen LogP) is 3.30. The number of rotatable bonds is 4. The van der Waals surface area contributed by atoms with Crippen molar-refractivity contribution in [2.75, 3.05) is 6.54 Å². The zero-order valence-corrected chi connectivity index (χ0v) is 13.4. The van der Waals surface area contributed by atoms with Gasteiger partial charge in [0.2, 0.25) is 5.91 Å². The van der Waals surface area contributed by atoms with Gasteiger partial charge in [0.05, 0.1) is 5.92 Å². The summed E-state index contributed by atoms with van der Waals surface area (Å²) in [4.78, 5) is 26.1. The van der Waals surface area contributed by atoms with Crippen LogP contribution in [0.1, 0.15) is 65.2 Å². The van der Waals surface area contributed by atoms with E-state index in [4.69, 9.17) is 0 Å². The number of carboxylic acids is 1. The highest BCUT2D eigenvalue weighted by molar-refractivity contribution is 5.80. The van der Waals surface area contributed by atoms with E-state index in [1.165, 1.54) is 6.42 Å². The van der Waals surface area contributed by atoms with Crippen molar-refractivity contribution in [2.45, 2.75) is 71.3 Å². The van der Waals surface area contributed by atoms with Gasteiger partial charge in [-0.15, -0.1) is 0 Å². The minimum Gasteiger partial charge on any atom is -0.481 e. The molecule has 1 aliphatic heterocycles. The lowest BCUT2D eigenvalue weighted by molar-refractivity contribution is -0.146. The van der Waals surface area contributed by atoms with Gasteiger partial charge in [-0.2, -0.15) is 0 Å². The quantitative estimate of drug-likeness (QED) is 0.865. The molecule has 0 radical (unpaired) electrons. The molecule has 3 unspecified atom stereocenters. The number of nitrogens with zero attached hydrogens (tertiary/aromatic N) is 1. The van der Waals surface area contributed by atoms with E-state index in [1.54, 1.807) is 0 Å². The van der Waals surface area contributed by atoms with E-state index < -0.39 is 5.97 Å². The molecule has 1 N–H and O–H groups in total. The van der Waals surface area contributed by atoms with Crippen molar-refractivity contribution >= 4 is 11.9 Å². The van der Waals surface area contributed by atoms with E-state index in [-0.39, 0.29) is 17.7 Å². The number of carbonyl (C=O) groups excluding carboxylic acids is 1. The zero-order valence-electron chi connectivity index (χ0n) is 13.4. The first-order chi connectivity index (χ1) is 9.99. The molecule has 1 heterocycles. The van der Waals surface area contributed by atoms with Gasteiger partial charge in [-0.05, 0) is 50.9 Å². The fourth-order valence-electron chi connectivity index (χ4n) is 3.95. The second-order valence-electron chi connectivity index (χ2n) is 7.21. The van der Waals surface area contributed by atoms with Gasteiger partial charge in [0.25, 0.3) is 0 Å². The summed E-state index contributed by atoms with van der Waals surface area (Å²) in [5.41, 5.74) is 0. The number of hydrogen-bond acceptors (Lipinski definition) is 2. The summed E-state index contributed by atoms with van der Waals surface area (Å²) in [6.45, 7) is 5.28. The first kappa shape index (κ1) is 16.3. The number of carbonyl (C=O) groups is 2. The van der Waals surface area contributed by atoms with E-state index in [1.807, 2.05) is 0 Å². The molecule has 0 spiro atoms. The fourth-order valence-corrected chi connectivity index (χ4v) is 3.95. The van der Waals surface area contributed by atoms with E-state index >= 15 is 0 Å².